The van der Waals surface area contributed by atoms with Gasteiger partial charge in [0.25, 0.3) is 0 Å². The molecule has 0 radical (unpaired) electrons. The number of carbonyl (C=O) groups is 1. The highest BCUT2D eigenvalue weighted by atomic mass is 32.1. The van der Waals surface area contributed by atoms with E-state index < -0.39 is 0 Å². The van der Waals surface area contributed by atoms with Crippen molar-refractivity contribution in [2.45, 2.75) is 33.6 Å². The fourth-order valence-corrected chi connectivity index (χ4v) is 3.00. The van der Waals surface area contributed by atoms with E-state index in [1.165, 1.54) is 29.4 Å². The maximum Gasteiger partial charge on any atom is 0.305 e. The summed E-state index contributed by atoms with van der Waals surface area (Å²) in [5, 5.41) is 3.04. The van der Waals surface area contributed by atoms with E-state index in [1.807, 2.05) is 5.38 Å². The Hall–Kier alpha value is -1.68. The van der Waals surface area contributed by atoms with Crippen molar-refractivity contribution in [3.8, 4) is 10.6 Å². The zero-order chi connectivity index (χ0) is 14.7. The topological polar surface area (TPSA) is 39.2 Å². The van der Waals surface area contributed by atoms with Gasteiger partial charge in [-0.3, -0.25) is 4.79 Å². The van der Waals surface area contributed by atoms with Crippen molar-refractivity contribution < 1.29 is 9.53 Å². The van der Waals surface area contributed by atoms with Crippen LogP contribution in [0.4, 0.5) is 0 Å². The maximum absolute atomic E-state index is 11.2. The maximum atomic E-state index is 11.2. The van der Waals surface area contributed by atoms with Gasteiger partial charge in [0.15, 0.2) is 0 Å². The van der Waals surface area contributed by atoms with E-state index in [0.29, 0.717) is 12.8 Å². The van der Waals surface area contributed by atoms with E-state index in [2.05, 4.69) is 42.6 Å². The predicted octanol–water partition coefficient (Wildman–Crippen LogP) is 3.84. The second-order valence-electron chi connectivity index (χ2n) is 4.97. The third-order valence-corrected chi connectivity index (χ3v) is 4.36. The minimum Gasteiger partial charge on any atom is -0.469 e. The van der Waals surface area contributed by atoms with Gasteiger partial charge < -0.3 is 4.74 Å². The molecule has 20 heavy (non-hydrogen) atoms. The van der Waals surface area contributed by atoms with Crippen LogP contribution >= 0.6 is 11.3 Å². The molecule has 0 amide bonds. The first-order valence-electron chi connectivity index (χ1n) is 6.60. The summed E-state index contributed by atoms with van der Waals surface area (Å²) in [6, 6.07) is 4.38. The molecule has 106 valence electrons. The minimum absolute atomic E-state index is 0.193. The summed E-state index contributed by atoms with van der Waals surface area (Å²) in [7, 11) is 1.41. The smallest absolute Gasteiger partial charge is 0.305 e. The molecule has 0 spiro atoms. The number of carbonyl (C=O) groups excluding carboxylic acids is 1. The average Bonchev–Trinajstić information content (AvgIpc) is 2.88. The quantitative estimate of drug-likeness (QED) is 0.803. The molecule has 0 saturated carbocycles. The van der Waals surface area contributed by atoms with Crippen molar-refractivity contribution in [1.29, 1.82) is 0 Å². The molecule has 0 atom stereocenters. The van der Waals surface area contributed by atoms with Gasteiger partial charge in [0.1, 0.15) is 5.01 Å². The Labute approximate surface area is 123 Å². The molecule has 0 saturated heterocycles. The van der Waals surface area contributed by atoms with Gasteiger partial charge in [-0.05, 0) is 43.5 Å². The van der Waals surface area contributed by atoms with Crippen LogP contribution in [0.5, 0.6) is 0 Å². The molecule has 0 aliphatic rings. The molecule has 0 fully saturated rings. The number of hydrogen-bond acceptors (Lipinski definition) is 4. The van der Waals surface area contributed by atoms with Crippen LogP contribution in [0.3, 0.4) is 0 Å². The van der Waals surface area contributed by atoms with Crippen LogP contribution in [0.15, 0.2) is 17.5 Å². The molecule has 0 N–H and O–H groups in total. The van der Waals surface area contributed by atoms with E-state index in [1.54, 1.807) is 11.3 Å². The second kappa shape index (κ2) is 6.18. The number of hydrogen-bond donors (Lipinski definition) is 0. The molecule has 1 aromatic carbocycles. The van der Waals surface area contributed by atoms with Gasteiger partial charge >= 0.3 is 5.97 Å². The number of nitrogens with zero attached hydrogens (tertiary/aromatic N) is 1. The summed E-state index contributed by atoms with van der Waals surface area (Å²) in [5.41, 5.74) is 5.95. The fourth-order valence-electron chi connectivity index (χ4n) is 2.07. The number of thiazole rings is 1. The summed E-state index contributed by atoms with van der Waals surface area (Å²) >= 11 is 1.63. The molecule has 1 aromatic heterocycles. The van der Waals surface area contributed by atoms with Gasteiger partial charge in [-0.15, -0.1) is 11.3 Å². The van der Waals surface area contributed by atoms with Crippen LogP contribution in [0.2, 0.25) is 0 Å². The van der Waals surface area contributed by atoms with E-state index in [-0.39, 0.29) is 5.97 Å². The Balaban J connectivity index is 2.20. The van der Waals surface area contributed by atoms with Crippen molar-refractivity contribution in [3.63, 3.8) is 0 Å². The van der Waals surface area contributed by atoms with Crippen molar-refractivity contribution in [2.75, 3.05) is 7.11 Å². The lowest BCUT2D eigenvalue weighted by molar-refractivity contribution is -0.140. The summed E-state index contributed by atoms with van der Waals surface area (Å²) < 4.78 is 4.65. The number of esters is 1. The molecule has 0 aliphatic heterocycles. The highest BCUT2D eigenvalue weighted by molar-refractivity contribution is 7.13. The van der Waals surface area contributed by atoms with Crippen LogP contribution in [0.1, 0.15) is 28.8 Å². The first-order valence-corrected chi connectivity index (χ1v) is 7.48. The van der Waals surface area contributed by atoms with Crippen LogP contribution < -0.4 is 0 Å². The largest absolute Gasteiger partial charge is 0.469 e. The molecule has 0 aliphatic carbocycles. The standard InChI is InChI=1S/C16H19NO2S/c1-10-7-12(3)14(8-11(10)2)16-17-13(9-20-16)5-6-15(18)19-4/h7-9H,5-6H2,1-4H3. The Morgan fingerprint density at radius 1 is 1.20 bits per heavy atom. The number of benzene rings is 1. The highest BCUT2D eigenvalue weighted by Gasteiger charge is 2.10. The molecule has 0 bridgehead atoms. The van der Waals surface area contributed by atoms with Crippen LogP contribution in [-0.4, -0.2) is 18.1 Å². The summed E-state index contributed by atoms with van der Waals surface area (Å²) in [6.45, 7) is 6.34. The highest BCUT2D eigenvalue weighted by Crippen LogP contribution is 2.29. The lowest BCUT2D eigenvalue weighted by atomic mass is 10.0. The Morgan fingerprint density at radius 3 is 2.60 bits per heavy atom. The molecule has 4 heteroatoms. The number of rotatable bonds is 4. The van der Waals surface area contributed by atoms with E-state index in [0.717, 1.165) is 10.7 Å². The van der Waals surface area contributed by atoms with Gasteiger partial charge in [0.2, 0.25) is 0 Å². The fraction of sp³-hybridized carbons (Fsp3) is 0.375. The van der Waals surface area contributed by atoms with E-state index in [9.17, 15) is 4.79 Å². The molecular formula is C16H19NO2S. The Bertz CT molecular complexity index is 631. The third-order valence-electron chi connectivity index (χ3n) is 3.44. The zero-order valence-electron chi connectivity index (χ0n) is 12.3. The Morgan fingerprint density at radius 2 is 1.90 bits per heavy atom. The second-order valence-corrected chi connectivity index (χ2v) is 5.83. The SMILES string of the molecule is COC(=O)CCc1csc(-c2cc(C)c(C)cc2C)n1. The molecule has 2 rings (SSSR count). The van der Waals surface area contributed by atoms with Gasteiger partial charge in [0.05, 0.1) is 19.2 Å². The van der Waals surface area contributed by atoms with Crippen LogP contribution in [-0.2, 0) is 16.0 Å². The number of ether oxygens (including phenoxy) is 1. The third kappa shape index (κ3) is 3.25. The van der Waals surface area contributed by atoms with Crippen molar-refractivity contribution in [2.24, 2.45) is 0 Å². The van der Waals surface area contributed by atoms with Crippen LogP contribution in [0, 0.1) is 20.8 Å². The lowest BCUT2D eigenvalue weighted by Gasteiger charge is -2.07. The van der Waals surface area contributed by atoms with Crippen molar-refractivity contribution >= 4 is 17.3 Å². The number of aryl methyl sites for hydroxylation is 4. The van der Waals surface area contributed by atoms with E-state index in [4.69, 9.17) is 0 Å². The predicted molar refractivity (Wildman–Crippen MR) is 82.1 cm³/mol. The summed E-state index contributed by atoms with van der Waals surface area (Å²) in [5.74, 6) is -0.193. The summed E-state index contributed by atoms with van der Waals surface area (Å²) in [4.78, 5) is 15.8. The zero-order valence-corrected chi connectivity index (χ0v) is 13.1. The van der Waals surface area contributed by atoms with Gasteiger partial charge in [-0.2, -0.15) is 0 Å². The van der Waals surface area contributed by atoms with Gasteiger partial charge in [-0.1, -0.05) is 6.07 Å². The molecule has 3 nitrogen and oxygen atoms in total. The van der Waals surface area contributed by atoms with Crippen molar-refractivity contribution in [1.82, 2.24) is 4.98 Å². The molecular weight excluding hydrogens is 270 g/mol. The van der Waals surface area contributed by atoms with Gasteiger partial charge in [-0.25, -0.2) is 4.98 Å². The molecule has 2 aromatic rings. The summed E-state index contributed by atoms with van der Waals surface area (Å²) in [6.07, 6.45) is 1.01. The lowest BCUT2D eigenvalue weighted by Crippen LogP contribution is -2.02. The Kier molecular flexibility index (Phi) is 4.55. The van der Waals surface area contributed by atoms with Crippen LogP contribution in [0.25, 0.3) is 10.6 Å². The molecule has 1 heterocycles. The number of aromatic nitrogens is 1. The first kappa shape index (κ1) is 14.7. The van der Waals surface area contributed by atoms with Gasteiger partial charge in [0, 0.05) is 17.4 Å². The first-order chi connectivity index (χ1) is 9.51. The number of methoxy groups -OCH3 is 1. The molecule has 0 unspecified atom stereocenters. The monoisotopic (exact) mass is 289 g/mol. The van der Waals surface area contributed by atoms with E-state index >= 15 is 0 Å². The average molecular weight is 289 g/mol. The van der Waals surface area contributed by atoms with Crippen molar-refractivity contribution in [3.05, 3.63) is 39.9 Å². The minimum atomic E-state index is -0.193. The normalized spacial score (nSPS) is 10.6.